The molecular weight excluding hydrogens is 324 g/mol. The quantitative estimate of drug-likeness (QED) is 0.712. The lowest BCUT2D eigenvalue weighted by atomic mass is 10.1. The molecule has 128 valence electrons. The predicted molar refractivity (Wildman–Crippen MR) is 96.6 cm³/mol. The minimum atomic E-state index is -0.551. The van der Waals surface area contributed by atoms with Crippen molar-refractivity contribution in [1.82, 2.24) is 10.5 Å². The van der Waals surface area contributed by atoms with E-state index < -0.39 is 6.10 Å². The highest BCUT2D eigenvalue weighted by molar-refractivity contribution is 7.17. The second-order valence-corrected chi connectivity index (χ2v) is 7.68. The molecule has 5 nitrogen and oxygen atoms in total. The minimum Gasteiger partial charge on any atom is -0.491 e. The first-order valence-corrected chi connectivity index (χ1v) is 8.79. The fourth-order valence-electron chi connectivity index (χ4n) is 2.25. The van der Waals surface area contributed by atoms with E-state index >= 15 is 0 Å². The van der Waals surface area contributed by atoms with Crippen molar-refractivity contribution >= 4 is 21.6 Å². The summed E-state index contributed by atoms with van der Waals surface area (Å²) in [7, 11) is 0. The molecule has 1 atom stereocenters. The second kappa shape index (κ2) is 6.93. The molecule has 0 aliphatic carbocycles. The van der Waals surface area contributed by atoms with Crippen LogP contribution in [0, 0.1) is 0 Å². The Morgan fingerprint density at radius 3 is 2.71 bits per heavy atom. The fraction of sp³-hybridized carbons (Fsp3) is 0.389. The highest BCUT2D eigenvalue weighted by atomic mass is 32.1. The Bertz CT molecular complexity index is 787. The summed E-state index contributed by atoms with van der Waals surface area (Å²) in [5.41, 5.74) is 2.62. The molecule has 0 saturated carbocycles. The number of thiophene rings is 1. The van der Waals surface area contributed by atoms with E-state index in [1.54, 1.807) is 11.3 Å². The number of nitrogens with one attached hydrogen (secondary N) is 1. The summed E-state index contributed by atoms with van der Waals surface area (Å²) < 4.78 is 12.0. The zero-order valence-electron chi connectivity index (χ0n) is 14.1. The van der Waals surface area contributed by atoms with Gasteiger partial charge in [-0.25, -0.2) is 0 Å². The first-order valence-electron chi connectivity index (χ1n) is 7.91. The van der Waals surface area contributed by atoms with Gasteiger partial charge in [0.1, 0.15) is 28.9 Å². The van der Waals surface area contributed by atoms with E-state index in [0.717, 1.165) is 27.3 Å². The Balaban J connectivity index is 1.58. The fourth-order valence-corrected chi connectivity index (χ4v) is 3.06. The zero-order chi connectivity index (χ0) is 17.2. The van der Waals surface area contributed by atoms with Crippen molar-refractivity contribution in [2.75, 3.05) is 13.2 Å². The smallest absolute Gasteiger partial charge is 0.178 e. The lowest BCUT2D eigenvalue weighted by molar-refractivity contribution is 0.100. The van der Waals surface area contributed by atoms with Crippen molar-refractivity contribution in [3.05, 3.63) is 35.7 Å². The molecule has 1 aromatic carbocycles. The second-order valence-electron chi connectivity index (χ2n) is 6.77. The van der Waals surface area contributed by atoms with Crippen molar-refractivity contribution in [2.45, 2.75) is 32.4 Å². The summed E-state index contributed by atoms with van der Waals surface area (Å²) in [4.78, 5) is 0. The predicted octanol–water partition coefficient (Wildman–Crippen LogP) is 3.68. The van der Waals surface area contributed by atoms with Gasteiger partial charge in [0.2, 0.25) is 0 Å². The topological polar surface area (TPSA) is 67.5 Å². The van der Waals surface area contributed by atoms with Gasteiger partial charge >= 0.3 is 0 Å². The van der Waals surface area contributed by atoms with Crippen molar-refractivity contribution in [2.24, 2.45) is 0 Å². The molecule has 0 bridgehead atoms. The first kappa shape index (κ1) is 17.0. The number of hydrogen-bond acceptors (Lipinski definition) is 6. The van der Waals surface area contributed by atoms with Crippen LogP contribution in [0.15, 0.2) is 40.2 Å². The Kier molecular flexibility index (Phi) is 4.89. The van der Waals surface area contributed by atoms with Crippen LogP contribution in [0.5, 0.6) is 5.75 Å². The molecule has 0 radical (unpaired) electrons. The van der Waals surface area contributed by atoms with Gasteiger partial charge < -0.3 is 19.7 Å². The number of aromatic nitrogens is 1. The Labute approximate surface area is 145 Å². The molecule has 3 rings (SSSR count). The number of aliphatic hydroxyl groups is 1. The van der Waals surface area contributed by atoms with Crippen molar-refractivity contribution in [3.63, 3.8) is 0 Å². The van der Waals surface area contributed by atoms with Gasteiger partial charge in [-0.2, -0.15) is 0 Å². The SMILES string of the molecule is CC(C)(C)NCC(O)COc1ccc(-c2noc3ccsc23)cc1. The maximum Gasteiger partial charge on any atom is 0.178 e. The van der Waals surface area contributed by atoms with Gasteiger partial charge in [-0.05, 0) is 56.5 Å². The van der Waals surface area contributed by atoms with Crippen LogP contribution in [0.25, 0.3) is 21.5 Å². The average molecular weight is 346 g/mol. The molecule has 0 spiro atoms. The van der Waals surface area contributed by atoms with Crippen LogP contribution in [0.4, 0.5) is 0 Å². The van der Waals surface area contributed by atoms with E-state index in [1.807, 2.05) is 35.7 Å². The lowest BCUT2D eigenvalue weighted by Crippen LogP contribution is -2.42. The van der Waals surface area contributed by atoms with E-state index in [-0.39, 0.29) is 12.1 Å². The molecule has 1 unspecified atom stereocenters. The molecule has 0 amide bonds. The van der Waals surface area contributed by atoms with Crippen LogP contribution in [-0.4, -0.2) is 35.1 Å². The third-order valence-corrected chi connectivity index (χ3v) is 4.42. The maximum absolute atomic E-state index is 9.96. The summed E-state index contributed by atoms with van der Waals surface area (Å²) >= 11 is 1.61. The van der Waals surface area contributed by atoms with Crippen LogP contribution < -0.4 is 10.1 Å². The van der Waals surface area contributed by atoms with Crippen molar-refractivity contribution in [3.8, 4) is 17.0 Å². The highest BCUT2D eigenvalue weighted by Gasteiger charge is 2.13. The molecule has 2 N–H and O–H groups in total. The molecule has 6 heteroatoms. The molecule has 0 saturated heterocycles. The Morgan fingerprint density at radius 2 is 2.00 bits per heavy atom. The van der Waals surface area contributed by atoms with Crippen molar-refractivity contribution in [1.29, 1.82) is 0 Å². The third kappa shape index (κ3) is 4.14. The van der Waals surface area contributed by atoms with Gasteiger partial charge in [0.15, 0.2) is 5.58 Å². The van der Waals surface area contributed by atoms with E-state index in [4.69, 9.17) is 9.26 Å². The maximum atomic E-state index is 9.96. The van der Waals surface area contributed by atoms with Gasteiger partial charge in [0.05, 0.1) is 0 Å². The molecule has 0 fully saturated rings. The number of aliphatic hydroxyl groups excluding tert-OH is 1. The Morgan fingerprint density at radius 1 is 1.25 bits per heavy atom. The van der Waals surface area contributed by atoms with Crippen LogP contribution in [0.1, 0.15) is 20.8 Å². The summed E-state index contributed by atoms with van der Waals surface area (Å²) in [5.74, 6) is 0.722. The zero-order valence-corrected chi connectivity index (χ0v) is 14.9. The van der Waals surface area contributed by atoms with E-state index in [1.165, 1.54) is 0 Å². The van der Waals surface area contributed by atoms with Gasteiger partial charge in [0.25, 0.3) is 0 Å². The van der Waals surface area contributed by atoms with E-state index in [9.17, 15) is 5.11 Å². The minimum absolute atomic E-state index is 0.0205. The Hall–Kier alpha value is -1.89. The molecule has 24 heavy (non-hydrogen) atoms. The summed E-state index contributed by atoms with van der Waals surface area (Å²) in [6.45, 7) is 6.94. The standard InChI is InChI=1S/C18H22N2O3S/c1-18(2,3)19-10-13(21)11-22-14-6-4-12(5-7-14)16-17-15(23-20-16)8-9-24-17/h4-9,13,19,21H,10-11H2,1-3H3. The monoisotopic (exact) mass is 346 g/mol. The average Bonchev–Trinajstić information content (AvgIpc) is 3.14. The molecule has 0 aliphatic rings. The summed E-state index contributed by atoms with van der Waals surface area (Å²) in [5, 5.41) is 19.3. The number of β-amino-alcohol motifs (C(OH)–C–C–N with tert-alkyl or cyclic N) is 1. The molecule has 0 aliphatic heterocycles. The van der Waals surface area contributed by atoms with Gasteiger partial charge in [-0.3, -0.25) is 0 Å². The first-order chi connectivity index (χ1) is 11.4. The molecular formula is C18H22N2O3S. The van der Waals surface area contributed by atoms with Crippen LogP contribution in [0.3, 0.4) is 0 Å². The highest BCUT2D eigenvalue weighted by Crippen LogP contribution is 2.32. The van der Waals surface area contributed by atoms with Crippen LogP contribution in [-0.2, 0) is 0 Å². The number of benzene rings is 1. The number of fused-ring (bicyclic) bond motifs is 1. The number of rotatable bonds is 6. The third-order valence-electron chi connectivity index (χ3n) is 3.52. The molecule has 3 aromatic rings. The summed E-state index contributed by atoms with van der Waals surface area (Å²) in [6, 6.07) is 9.58. The van der Waals surface area contributed by atoms with Crippen LogP contribution >= 0.6 is 11.3 Å². The van der Waals surface area contributed by atoms with Crippen molar-refractivity contribution < 1.29 is 14.4 Å². The van der Waals surface area contributed by atoms with E-state index in [2.05, 4.69) is 31.2 Å². The van der Waals surface area contributed by atoms with Gasteiger partial charge in [0, 0.05) is 17.6 Å². The number of ether oxygens (including phenoxy) is 1. The molecule has 2 aromatic heterocycles. The molecule has 2 heterocycles. The number of nitrogens with zero attached hydrogens (tertiary/aromatic N) is 1. The van der Waals surface area contributed by atoms with E-state index in [0.29, 0.717) is 6.54 Å². The largest absolute Gasteiger partial charge is 0.491 e. The van der Waals surface area contributed by atoms with Crippen LogP contribution in [0.2, 0.25) is 0 Å². The normalized spacial score (nSPS) is 13.3. The summed E-state index contributed by atoms with van der Waals surface area (Å²) in [6.07, 6.45) is -0.551. The van der Waals surface area contributed by atoms with Gasteiger partial charge in [-0.15, -0.1) is 11.3 Å². The number of hydrogen-bond donors (Lipinski definition) is 2. The van der Waals surface area contributed by atoms with Gasteiger partial charge in [-0.1, -0.05) is 5.16 Å². The lowest BCUT2D eigenvalue weighted by Gasteiger charge is -2.22.